The summed E-state index contributed by atoms with van der Waals surface area (Å²) >= 11 is 0. The fraction of sp³-hybridized carbons (Fsp3) is 0. The summed E-state index contributed by atoms with van der Waals surface area (Å²) in [4.78, 5) is 9.44. The first-order valence-electron chi connectivity index (χ1n) is 2.29. The molecule has 0 aromatic heterocycles. The molecular weight excluding hydrogens is 162 g/mol. The lowest BCUT2D eigenvalue weighted by Crippen LogP contribution is -3.57. The van der Waals surface area contributed by atoms with Crippen LogP contribution in [0.15, 0.2) is 5.29 Å². The molecule has 3 atom stereocenters. The Kier molecular flexibility index (Phi) is 4.62. The standard InChI is InChI=1S/H7N7O4/c1-5(6(9)4-8)2-3-7(10)11/h1-3,5-7,10H. The van der Waals surface area contributed by atoms with Crippen LogP contribution in [0.4, 0.5) is 0 Å². The van der Waals surface area contributed by atoms with Gasteiger partial charge in [-0.1, -0.05) is 4.91 Å². The van der Waals surface area contributed by atoms with Crippen molar-refractivity contribution >= 4 is 0 Å². The van der Waals surface area contributed by atoms with E-state index in [9.17, 15) is 15.3 Å². The van der Waals surface area contributed by atoms with Gasteiger partial charge in [-0.2, -0.15) is 5.21 Å². The molecule has 0 aliphatic rings. The highest BCUT2D eigenvalue weighted by molar-refractivity contribution is 3.96. The quantitative estimate of drug-likeness (QED) is 0.178. The number of hydrogen-bond acceptors (Lipinski definition) is 7. The molecule has 11 heteroatoms. The van der Waals surface area contributed by atoms with E-state index in [1.165, 1.54) is 5.53 Å². The largest absolute Gasteiger partial charge is 0.578 e. The Morgan fingerprint density at radius 1 is 1.45 bits per heavy atom. The van der Waals surface area contributed by atoms with Gasteiger partial charge < -0.3 is 16.3 Å². The summed E-state index contributed by atoms with van der Waals surface area (Å²) in [6.07, 6.45) is 0. The second-order valence-electron chi connectivity index (χ2n) is 1.33. The average molecular weight is 169 g/mol. The Morgan fingerprint density at radius 2 is 2.00 bits per heavy atom. The fourth-order valence-corrected chi connectivity index (χ4v) is 0.215. The summed E-state index contributed by atoms with van der Waals surface area (Å²) in [6.45, 7) is 0. The molecule has 0 rings (SSSR count). The highest BCUT2D eigenvalue weighted by Gasteiger charge is 2.03. The third-order valence-electron chi connectivity index (χ3n) is 0.591. The smallest absolute Gasteiger partial charge is 0.207 e. The molecule has 0 aliphatic heterocycles. The van der Waals surface area contributed by atoms with Crippen molar-refractivity contribution in [3.05, 3.63) is 21.2 Å². The lowest BCUT2D eigenvalue weighted by atomic mass is 12.0. The molecule has 0 aromatic rings. The van der Waals surface area contributed by atoms with Gasteiger partial charge in [0.2, 0.25) is 5.29 Å². The van der Waals surface area contributed by atoms with Crippen LogP contribution in [-0.2, 0) is 0 Å². The van der Waals surface area contributed by atoms with E-state index in [1.807, 2.05) is 5.29 Å². The van der Waals surface area contributed by atoms with Crippen LogP contribution in [0.1, 0.15) is 0 Å². The molecule has 0 fully saturated rings. The minimum absolute atomic E-state index is 0.928. The molecule has 0 saturated carbocycles. The minimum Gasteiger partial charge on any atom is -0.578 e. The van der Waals surface area contributed by atoms with E-state index in [1.54, 1.807) is 5.53 Å². The van der Waals surface area contributed by atoms with Crippen molar-refractivity contribution in [3.8, 4) is 0 Å². The summed E-state index contributed by atoms with van der Waals surface area (Å²) in [5, 5.41) is 25.9. The molecule has 11 nitrogen and oxygen atoms in total. The maximum Gasteiger partial charge on any atom is 0.207 e. The van der Waals surface area contributed by atoms with Crippen LogP contribution in [0.25, 0.3) is 5.84 Å². The van der Waals surface area contributed by atoms with Crippen molar-refractivity contribution in [2.75, 3.05) is 0 Å². The van der Waals surface area contributed by atoms with Gasteiger partial charge in [-0.3, -0.25) is 0 Å². The van der Waals surface area contributed by atoms with Crippen molar-refractivity contribution in [2.45, 2.75) is 0 Å². The summed E-state index contributed by atoms with van der Waals surface area (Å²) in [5.41, 5.74) is 3.11. The first-order chi connectivity index (χ1) is 5.07. The Labute approximate surface area is 59.9 Å². The number of hydrazine groups is 1. The molecule has 0 saturated heterocycles. The number of nitrogens with zero attached hydrogens (tertiary/aromatic N) is 1. The number of nitroso groups, excluding NO2 is 1. The van der Waals surface area contributed by atoms with Gasteiger partial charge in [0.15, 0.2) is 0 Å². The van der Waals surface area contributed by atoms with E-state index >= 15 is 0 Å². The second kappa shape index (κ2) is 4.97. The lowest BCUT2D eigenvalue weighted by molar-refractivity contribution is -1.49. The number of quaternary nitrogens is 3. The molecule has 3 unspecified atom stereocenters. The van der Waals surface area contributed by atoms with E-state index in [-0.39, 0.29) is 0 Å². The lowest BCUT2D eigenvalue weighted by Gasteiger charge is -2.24. The van der Waals surface area contributed by atoms with Gasteiger partial charge in [-0.05, 0) is 16.4 Å². The van der Waals surface area contributed by atoms with Crippen LogP contribution >= 0.6 is 0 Å². The Hall–Kier alpha value is -0.760. The highest BCUT2D eigenvalue weighted by Crippen LogP contribution is 1.24. The van der Waals surface area contributed by atoms with Gasteiger partial charge >= 0.3 is 0 Å². The van der Waals surface area contributed by atoms with E-state index in [2.05, 4.69) is 0 Å². The first-order valence-corrected chi connectivity index (χ1v) is 2.29. The van der Waals surface area contributed by atoms with Gasteiger partial charge in [0, 0.05) is 0 Å². The predicted octanol–water partition coefficient (Wildman–Crippen LogP) is -5.49. The molecule has 0 amide bonds. The zero-order chi connectivity index (χ0) is 8.85. The van der Waals surface area contributed by atoms with E-state index in [0.29, 0.717) is 0 Å². The highest BCUT2D eigenvalue weighted by atomic mass is 16.8. The maximum atomic E-state index is 10.1. The van der Waals surface area contributed by atoms with Gasteiger partial charge in [0.1, 0.15) is 0 Å². The van der Waals surface area contributed by atoms with Crippen molar-refractivity contribution in [1.82, 2.24) is 11.1 Å². The molecule has 0 aromatic carbocycles. The maximum absolute atomic E-state index is 10.1. The van der Waals surface area contributed by atoms with Crippen molar-refractivity contribution in [2.24, 2.45) is 5.29 Å². The summed E-state index contributed by atoms with van der Waals surface area (Å²) in [5.74, 6) is 6.61. The first kappa shape index (κ1) is 10.2. The summed E-state index contributed by atoms with van der Waals surface area (Å²) in [6, 6.07) is 0. The zero-order valence-corrected chi connectivity index (χ0v) is 5.12. The molecule has 11 heavy (non-hydrogen) atoms. The normalized spacial score (nSPS) is 18.9. The van der Waals surface area contributed by atoms with Crippen LogP contribution in [-0.4, -0.2) is 5.21 Å². The zero-order valence-electron chi connectivity index (χ0n) is 5.12. The molecule has 7 N–H and O–H groups in total. The fourth-order valence-electron chi connectivity index (χ4n) is 0.215. The van der Waals surface area contributed by atoms with Crippen molar-refractivity contribution < 1.29 is 21.1 Å². The SMILES string of the molecule is [NH-][NH+](NN[NH+]([O-])O)[NH+]([O-])N=O. The third kappa shape index (κ3) is 4.62. The topological polar surface area (TPSA) is 157 Å². The van der Waals surface area contributed by atoms with Crippen LogP contribution in [0.2, 0.25) is 0 Å². The minimum atomic E-state index is -1.48. The molecule has 0 spiro atoms. The molecule has 0 radical (unpaired) electrons. The Morgan fingerprint density at radius 3 is 2.36 bits per heavy atom. The number of nitrogens with one attached hydrogen (secondary N) is 6. The monoisotopic (exact) mass is 169 g/mol. The van der Waals surface area contributed by atoms with Crippen molar-refractivity contribution in [3.63, 3.8) is 0 Å². The summed E-state index contributed by atoms with van der Waals surface area (Å²) in [7, 11) is 0. The molecule has 0 bridgehead atoms. The van der Waals surface area contributed by atoms with E-state index in [4.69, 9.17) is 11.0 Å². The average Bonchev–Trinajstić information content (AvgIpc) is 1.98. The number of hydrogen-bond donors (Lipinski definition) is 6. The molecule has 0 aliphatic carbocycles. The molecular formula is H7N7O4. The molecule has 66 valence electrons. The van der Waals surface area contributed by atoms with Crippen LogP contribution in [0.3, 0.4) is 0 Å². The Bertz CT molecular complexity index is 113. The van der Waals surface area contributed by atoms with Gasteiger partial charge in [-0.25, -0.2) is 0 Å². The van der Waals surface area contributed by atoms with Crippen molar-refractivity contribution in [1.29, 1.82) is 0 Å². The predicted molar refractivity (Wildman–Crippen MR) is 27.8 cm³/mol. The summed E-state index contributed by atoms with van der Waals surface area (Å²) < 4.78 is 0. The number of rotatable bonds is 5. The second-order valence-corrected chi connectivity index (χ2v) is 1.33. The third-order valence-corrected chi connectivity index (χ3v) is 0.591. The van der Waals surface area contributed by atoms with Gasteiger partial charge in [0.05, 0.1) is 0 Å². The Balaban J connectivity index is 3.51. The van der Waals surface area contributed by atoms with Crippen LogP contribution < -0.4 is 26.9 Å². The van der Waals surface area contributed by atoms with E-state index < -0.39 is 15.8 Å². The van der Waals surface area contributed by atoms with Crippen LogP contribution in [0.5, 0.6) is 0 Å². The van der Waals surface area contributed by atoms with Gasteiger partial charge in [0.25, 0.3) is 0 Å². The molecule has 0 heterocycles. The van der Waals surface area contributed by atoms with E-state index in [0.717, 1.165) is 0 Å². The van der Waals surface area contributed by atoms with Crippen LogP contribution in [0, 0.1) is 15.3 Å². The van der Waals surface area contributed by atoms with Gasteiger partial charge in [-0.15, -0.1) is 10.6 Å².